The molecule has 1 atom stereocenters. The molecule has 3 rings (SSSR count). The molecule has 1 heterocycles. The lowest BCUT2D eigenvalue weighted by molar-refractivity contribution is 0.495. The maximum Gasteiger partial charge on any atom is 0.327 e. The number of hydrogen-bond donors (Lipinski definition) is 0. The third-order valence-corrected chi connectivity index (χ3v) is 3.40. The lowest BCUT2D eigenvalue weighted by Crippen LogP contribution is -2.28. The molecule has 0 spiro atoms. The monoisotopic (exact) mass is 214 g/mol. The van der Waals surface area contributed by atoms with Gasteiger partial charge in [-0.25, -0.2) is 4.79 Å². The van der Waals surface area contributed by atoms with E-state index in [1.165, 1.54) is 11.1 Å². The molecule has 1 unspecified atom stereocenters. The predicted molar refractivity (Wildman–Crippen MR) is 62.6 cm³/mol. The highest BCUT2D eigenvalue weighted by atomic mass is 16.1. The minimum Gasteiger partial charge on any atom is -0.302 e. The van der Waals surface area contributed by atoms with E-state index in [2.05, 4.69) is 24.3 Å². The Kier molecular flexibility index (Phi) is 1.99. The molecule has 0 bridgehead atoms. The zero-order valence-corrected chi connectivity index (χ0v) is 9.26. The van der Waals surface area contributed by atoms with Crippen molar-refractivity contribution in [1.29, 1.82) is 0 Å². The molecule has 2 aromatic rings. The molecule has 0 radical (unpaired) electrons. The Bertz CT molecular complexity index is 580. The van der Waals surface area contributed by atoms with Crippen LogP contribution < -0.4 is 5.69 Å². The van der Waals surface area contributed by atoms with Crippen LogP contribution in [-0.2, 0) is 20.0 Å². The van der Waals surface area contributed by atoms with E-state index in [4.69, 9.17) is 0 Å². The van der Waals surface area contributed by atoms with Crippen LogP contribution in [0.4, 0.5) is 0 Å². The molecule has 82 valence electrons. The van der Waals surface area contributed by atoms with Crippen LogP contribution in [0.25, 0.3) is 0 Å². The fourth-order valence-electron chi connectivity index (χ4n) is 2.41. The van der Waals surface area contributed by atoms with Gasteiger partial charge in [0.25, 0.3) is 0 Å². The van der Waals surface area contributed by atoms with Gasteiger partial charge in [0, 0.05) is 31.9 Å². The maximum absolute atomic E-state index is 11.7. The van der Waals surface area contributed by atoms with Gasteiger partial charge in [-0.15, -0.1) is 0 Å². The summed E-state index contributed by atoms with van der Waals surface area (Å²) in [6.07, 6.45) is 4.77. The minimum absolute atomic E-state index is 0.0735. The van der Waals surface area contributed by atoms with Gasteiger partial charge in [0.2, 0.25) is 0 Å². The zero-order chi connectivity index (χ0) is 11.1. The first kappa shape index (κ1) is 9.46. The van der Waals surface area contributed by atoms with Gasteiger partial charge < -0.3 is 4.57 Å². The van der Waals surface area contributed by atoms with Crippen molar-refractivity contribution < 1.29 is 0 Å². The van der Waals surface area contributed by atoms with Crippen LogP contribution in [0.2, 0.25) is 0 Å². The largest absolute Gasteiger partial charge is 0.327 e. The molecule has 1 aliphatic rings. The average Bonchev–Trinajstić information content (AvgIpc) is 2.57. The fourth-order valence-corrected chi connectivity index (χ4v) is 2.41. The SMILES string of the molecule is Cn1ccn(CC2Cc3ccccc32)c1=O. The molecular formula is C13H14N2O. The van der Waals surface area contributed by atoms with Gasteiger partial charge in [0.05, 0.1) is 0 Å². The standard InChI is InChI=1S/C13H14N2O/c1-14-6-7-15(13(14)16)9-11-8-10-4-2-3-5-12(10)11/h2-7,11H,8-9H2,1H3. The van der Waals surface area contributed by atoms with E-state index in [9.17, 15) is 4.79 Å². The van der Waals surface area contributed by atoms with Gasteiger partial charge in [-0.3, -0.25) is 4.57 Å². The highest BCUT2D eigenvalue weighted by molar-refractivity contribution is 5.39. The Morgan fingerprint density at radius 3 is 2.81 bits per heavy atom. The van der Waals surface area contributed by atoms with Crippen LogP contribution in [-0.4, -0.2) is 9.13 Å². The average molecular weight is 214 g/mol. The molecule has 0 fully saturated rings. The van der Waals surface area contributed by atoms with Gasteiger partial charge >= 0.3 is 5.69 Å². The molecule has 1 aromatic carbocycles. The third-order valence-electron chi connectivity index (χ3n) is 3.40. The van der Waals surface area contributed by atoms with E-state index in [-0.39, 0.29) is 5.69 Å². The Morgan fingerprint density at radius 1 is 1.31 bits per heavy atom. The Morgan fingerprint density at radius 2 is 2.12 bits per heavy atom. The van der Waals surface area contributed by atoms with Crippen molar-refractivity contribution in [3.63, 3.8) is 0 Å². The summed E-state index contributed by atoms with van der Waals surface area (Å²) in [5.74, 6) is 0.510. The molecule has 3 nitrogen and oxygen atoms in total. The van der Waals surface area contributed by atoms with Crippen molar-refractivity contribution in [2.45, 2.75) is 18.9 Å². The Labute approximate surface area is 94.0 Å². The molecule has 0 aliphatic heterocycles. The highest BCUT2D eigenvalue weighted by Crippen LogP contribution is 2.35. The predicted octanol–water partition coefficient (Wildman–Crippen LogP) is 1.53. The summed E-state index contributed by atoms with van der Waals surface area (Å²) >= 11 is 0. The van der Waals surface area contributed by atoms with E-state index in [0.29, 0.717) is 5.92 Å². The van der Waals surface area contributed by atoms with Crippen molar-refractivity contribution >= 4 is 0 Å². The fraction of sp³-hybridized carbons (Fsp3) is 0.308. The van der Waals surface area contributed by atoms with Gasteiger partial charge in [-0.05, 0) is 17.5 Å². The lowest BCUT2D eigenvalue weighted by atomic mass is 9.77. The summed E-state index contributed by atoms with van der Waals surface area (Å²) < 4.78 is 3.41. The second kappa shape index (κ2) is 3.37. The van der Waals surface area contributed by atoms with Gasteiger partial charge in [0.15, 0.2) is 0 Å². The summed E-state index contributed by atoms with van der Waals surface area (Å²) in [7, 11) is 1.79. The van der Waals surface area contributed by atoms with Crippen molar-refractivity contribution in [2.75, 3.05) is 0 Å². The van der Waals surface area contributed by atoms with E-state index in [1.54, 1.807) is 16.2 Å². The van der Waals surface area contributed by atoms with Crippen molar-refractivity contribution in [3.8, 4) is 0 Å². The van der Waals surface area contributed by atoms with Crippen LogP contribution in [0.3, 0.4) is 0 Å². The third kappa shape index (κ3) is 1.32. The smallest absolute Gasteiger partial charge is 0.302 e. The second-order valence-electron chi connectivity index (χ2n) is 4.44. The Balaban J connectivity index is 1.85. The summed E-state index contributed by atoms with van der Waals surface area (Å²) in [5, 5.41) is 0. The molecule has 0 saturated heterocycles. The quantitative estimate of drug-likeness (QED) is 0.744. The van der Waals surface area contributed by atoms with Gasteiger partial charge in [-0.2, -0.15) is 0 Å². The molecule has 0 amide bonds. The van der Waals surface area contributed by atoms with Crippen molar-refractivity contribution in [1.82, 2.24) is 9.13 Å². The van der Waals surface area contributed by atoms with Crippen LogP contribution in [0.15, 0.2) is 41.5 Å². The zero-order valence-electron chi connectivity index (χ0n) is 9.26. The first-order chi connectivity index (χ1) is 7.75. The number of nitrogens with zero attached hydrogens (tertiary/aromatic N) is 2. The topological polar surface area (TPSA) is 26.9 Å². The Hall–Kier alpha value is -1.77. The van der Waals surface area contributed by atoms with E-state index < -0.39 is 0 Å². The summed E-state index contributed by atoms with van der Waals surface area (Å²) in [5.41, 5.74) is 2.90. The van der Waals surface area contributed by atoms with Crippen LogP contribution in [0, 0.1) is 0 Å². The summed E-state index contributed by atoms with van der Waals surface area (Å²) in [6, 6.07) is 8.47. The normalized spacial score (nSPS) is 17.9. The van der Waals surface area contributed by atoms with Gasteiger partial charge in [-0.1, -0.05) is 24.3 Å². The van der Waals surface area contributed by atoms with Crippen LogP contribution in [0.5, 0.6) is 0 Å². The first-order valence-electron chi connectivity index (χ1n) is 5.55. The number of aryl methyl sites for hydroxylation is 1. The minimum atomic E-state index is 0.0735. The van der Waals surface area contributed by atoms with E-state index >= 15 is 0 Å². The lowest BCUT2D eigenvalue weighted by Gasteiger charge is -2.29. The number of fused-ring (bicyclic) bond motifs is 1. The van der Waals surface area contributed by atoms with Crippen molar-refractivity contribution in [2.24, 2.45) is 7.05 Å². The number of hydrogen-bond acceptors (Lipinski definition) is 1. The van der Waals surface area contributed by atoms with Crippen molar-refractivity contribution in [3.05, 3.63) is 58.3 Å². The number of benzene rings is 1. The van der Waals surface area contributed by atoms with Crippen LogP contribution >= 0.6 is 0 Å². The van der Waals surface area contributed by atoms with E-state index in [1.807, 2.05) is 12.4 Å². The maximum atomic E-state index is 11.7. The molecular weight excluding hydrogens is 200 g/mol. The van der Waals surface area contributed by atoms with E-state index in [0.717, 1.165) is 13.0 Å². The highest BCUT2D eigenvalue weighted by Gasteiger charge is 2.25. The molecule has 0 N–H and O–H groups in total. The molecule has 1 aliphatic carbocycles. The molecule has 0 saturated carbocycles. The second-order valence-corrected chi connectivity index (χ2v) is 4.44. The first-order valence-corrected chi connectivity index (χ1v) is 5.55. The molecule has 1 aromatic heterocycles. The van der Waals surface area contributed by atoms with Gasteiger partial charge in [0.1, 0.15) is 0 Å². The summed E-state index contributed by atoms with van der Waals surface area (Å²) in [4.78, 5) is 11.7. The number of rotatable bonds is 2. The number of imidazole rings is 1. The molecule has 3 heteroatoms. The summed E-state index contributed by atoms with van der Waals surface area (Å²) in [6.45, 7) is 0.802. The number of aromatic nitrogens is 2. The van der Waals surface area contributed by atoms with Crippen LogP contribution in [0.1, 0.15) is 17.0 Å². The molecule has 16 heavy (non-hydrogen) atoms.